The second kappa shape index (κ2) is 7.34. The molecule has 2 aliphatic rings. The molecule has 1 unspecified atom stereocenters. The van der Waals surface area contributed by atoms with E-state index in [1.807, 2.05) is 24.3 Å². The van der Waals surface area contributed by atoms with E-state index in [1.165, 1.54) is 6.92 Å². The van der Waals surface area contributed by atoms with E-state index in [0.717, 1.165) is 36.8 Å². The number of fused-ring (bicyclic) bond motifs is 1. The minimum Gasteiger partial charge on any atom is -0.396 e. The van der Waals surface area contributed by atoms with Gasteiger partial charge < -0.3 is 15.3 Å². The van der Waals surface area contributed by atoms with Crippen LogP contribution in [0.4, 0.5) is 0 Å². The van der Waals surface area contributed by atoms with Gasteiger partial charge in [-0.25, -0.2) is 0 Å². The van der Waals surface area contributed by atoms with E-state index in [-0.39, 0.29) is 24.5 Å². The number of nitrogens with one attached hydrogen (secondary N) is 1. The van der Waals surface area contributed by atoms with Crippen LogP contribution in [-0.4, -0.2) is 40.5 Å². The summed E-state index contributed by atoms with van der Waals surface area (Å²) in [6, 6.07) is 7.75. The smallest absolute Gasteiger partial charge is 0.243 e. The largest absolute Gasteiger partial charge is 0.396 e. The fourth-order valence-electron chi connectivity index (χ4n) is 3.87. The first kappa shape index (κ1) is 17.0. The van der Waals surface area contributed by atoms with Crippen molar-refractivity contribution in [3.8, 4) is 0 Å². The van der Waals surface area contributed by atoms with Gasteiger partial charge in [0.2, 0.25) is 11.8 Å². The predicted molar refractivity (Wildman–Crippen MR) is 91.1 cm³/mol. The lowest BCUT2D eigenvalue weighted by atomic mass is 9.86. The summed E-state index contributed by atoms with van der Waals surface area (Å²) in [4.78, 5) is 26.5. The molecule has 0 bridgehead atoms. The van der Waals surface area contributed by atoms with Crippen molar-refractivity contribution in [2.45, 2.75) is 57.7 Å². The van der Waals surface area contributed by atoms with Gasteiger partial charge >= 0.3 is 0 Å². The molecule has 1 saturated carbocycles. The van der Waals surface area contributed by atoms with Crippen molar-refractivity contribution < 1.29 is 14.7 Å². The third-order valence-corrected chi connectivity index (χ3v) is 5.41. The minimum absolute atomic E-state index is 0.0489. The Labute approximate surface area is 143 Å². The highest BCUT2D eigenvalue weighted by Gasteiger charge is 2.34. The van der Waals surface area contributed by atoms with Gasteiger partial charge in [0.25, 0.3) is 0 Å². The van der Waals surface area contributed by atoms with Gasteiger partial charge in [0.1, 0.15) is 6.04 Å². The summed E-state index contributed by atoms with van der Waals surface area (Å²) >= 11 is 0. The Bertz CT molecular complexity index is 608. The molecule has 0 spiro atoms. The van der Waals surface area contributed by atoms with E-state index < -0.39 is 6.04 Å². The zero-order chi connectivity index (χ0) is 17.1. The van der Waals surface area contributed by atoms with E-state index in [1.54, 1.807) is 4.90 Å². The van der Waals surface area contributed by atoms with Crippen molar-refractivity contribution in [1.82, 2.24) is 10.2 Å². The molecule has 5 heteroatoms. The molecule has 0 radical (unpaired) electrons. The lowest BCUT2D eigenvalue weighted by Crippen LogP contribution is -2.54. The standard InChI is InChI=1S/C19H26N2O3/c1-13(23)21-11-16-5-3-2-4-15(16)10-18(21)19(24)20-17-8-6-14(12-22)7-9-17/h2-5,14,17-18,22H,6-12H2,1H3,(H,20,24). The monoisotopic (exact) mass is 330 g/mol. The molecule has 1 atom stereocenters. The van der Waals surface area contributed by atoms with Crippen LogP contribution < -0.4 is 5.32 Å². The van der Waals surface area contributed by atoms with Crippen molar-refractivity contribution in [2.75, 3.05) is 6.61 Å². The maximum Gasteiger partial charge on any atom is 0.243 e. The number of carbonyl (C=O) groups is 2. The Kier molecular flexibility index (Phi) is 5.19. The lowest BCUT2D eigenvalue weighted by molar-refractivity contribution is -0.140. The van der Waals surface area contributed by atoms with E-state index in [4.69, 9.17) is 0 Å². The molecule has 2 amide bonds. The van der Waals surface area contributed by atoms with Crippen LogP contribution >= 0.6 is 0 Å². The van der Waals surface area contributed by atoms with Gasteiger partial charge in [0.15, 0.2) is 0 Å². The number of aliphatic hydroxyl groups is 1. The first-order valence-corrected chi connectivity index (χ1v) is 8.83. The lowest BCUT2D eigenvalue weighted by Gasteiger charge is -2.37. The molecule has 1 heterocycles. The average molecular weight is 330 g/mol. The van der Waals surface area contributed by atoms with Crippen molar-refractivity contribution in [3.63, 3.8) is 0 Å². The van der Waals surface area contributed by atoms with Crippen LogP contribution in [0.2, 0.25) is 0 Å². The van der Waals surface area contributed by atoms with Crippen LogP contribution in [0.5, 0.6) is 0 Å². The molecule has 2 N–H and O–H groups in total. The molecule has 24 heavy (non-hydrogen) atoms. The van der Waals surface area contributed by atoms with E-state index >= 15 is 0 Å². The molecule has 130 valence electrons. The first-order chi connectivity index (χ1) is 11.6. The van der Waals surface area contributed by atoms with Gasteiger partial charge in [-0.1, -0.05) is 24.3 Å². The number of hydrogen-bond acceptors (Lipinski definition) is 3. The molecule has 1 aromatic carbocycles. The summed E-state index contributed by atoms with van der Waals surface area (Å²) in [5.41, 5.74) is 2.28. The fraction of sp³-hybridized carbons (Fsp3) is 0.579. The molecular formula is C19H26N2O3. The summed E-state index contributed by atoms with van der Waals surface area (Å²) in [6.45, 7) is 2.26. The summed E-state index contributed by atoms with van der Waals surface area (Å²) in [6.07, 6.45) is 4.28. The van der Waals surface area contributed by atoms with Crippen LogP contribution in [0.15, 0.2) is 24.3 Å². The zero-order valence-corrected chi connectivity index (χ0v) is 14.2. The Morgan fingerprint density at radius 3 is 2.46 bits per heavy atom. The molecule has 5 nitrogen and oxygen atoms in total. The second-order valence-electron chi connectivity index (χ2n) is 7.04. The van der Waals surface area contributed by atoms with E-state index in [2.05, 4.69) is 5.32 Å². The summed E-state index contributed by atoms with van der Waals surface area (Å²) in [5, 5.41) is 12.4. The Morgan fingerprint density at radius 1 is 1.17 bits per heavy atom. The van der Waals surface area contributed by atoms with Crippen LogP contribution in [0.25, 0.3) is 0 Å². The van der Waals surface area contributed by atoms with Gasteiger partial charge in [-0.05, 0) is 42.7 Å². The number of aliphatic hydroxyl groups excluding tert-OH is 1. The maximum absolute atomic E-state index is 12.8. The maximum atomic E-state index is 12.8. The summed E-state index contributed by atoms with van der Waals surface area (Å²) in [7, 11) is 0. The molecule has 1 aliphatic heterocycles. The molecule has 0 saturated heterocycles. The third kappa shape index (κ3) is 3.61. The SMILES string of the molecule is CC(=O)N1Cc2ccccc2CC1C(=O)NC1CCC(CO)CC1. The normalized spacial score (nSPS) is 26.6. The average Bonchev–Trinajstić information content (AvgIpc) is 2.61. The summed E-state index contributed by atoms with van der Waals surface area (Å²) < 4.78 is 0. The van der Waals surface area contributed by atoms with Crippen molar-refractivity contribution in [3.05, 3.63) is 35.4 Å². The van der Waals surface area contributed by atoms with Crippen molar-refractivity contribution in [2.24, 2.45) is 5.92 Å². The van der Waals surface area contributed by atoms with Crippen LogP contribution in [0.3, 0.4) is 0 Å². The number of hydrogen-bond donors (Lipinski definition) is 2. The van der Waals surface area contributed by atoms with Crippen molar-refractivity contribution in [1.29, 1.82) is 0 Å². The number of carbonyl (C=O) groups excluding carboxylic acids is 2. The highest BCUT2D eigenvalue weighted by Crippen LogP contribution is 2.26. The summed E-state index contributed by atoms with van der Waals surface area (Å²) in [5.74, 6) is 0.259. The fourth-order valence-corrected chi connectivity index (χ4v) is 3.87. The van der Waals surface area contributed by atoms with Gasteiger partial charge in [0, 0.05) is 32.5 Å². The molecule has 1 aromatic rings. The minimum atomic E-state index is -0.423. The second-order valence-corrected chi connectivity index (χ2v) is 7.04. The van der Waals surface area contributed by atoms with Gasteiger partial charge in [0.05, 0.1) is 0 Å². The van der Waals surface area contributed by atoms with Crippen LogP contribution in [0, 0.1) is 5.92 Å². The number of benzene rings is 1. The van der Waals surface area contributed by atoms with Crippen LogP contribution in [0.1, 0.15) is 43.7 Å². The Hall–Kier alpha value is -1.88. The van der Waals surface area contributed by atoms with E-state index in [9.17, 15) is 14.7 Å². The topological polar surface area (TPSA) is 69.6 Å². The predicted octanol–water partition coefficient (Wildman–Crippen LogP) is 1.63. The van der Waals surface area contributed by atoms with Crippen molar-refractivity contribution >= 4 is 11.8 Å². The van der Waals surface area contributed by atoms with E-state index in [0.29, 0.717) is 18.9 Å². The Morgan fingerprint density at radius 2 is 1.83 bits per heavy atom. The number of nitrogens with zero attached hydrogens (tertiary/aromatic N) is 1. The quantitative estimate of drug-likeness (QED) is 0.885. The Balaban J connectivity index is 1.67. The first-order valence-electron chi connectivity index (χ1n) is 8.83. The molecule has 1 fully saturated rings. The number of rotatable bonds is 3. The highest BCUT2D eigenvalue weighted by atomic mass is 16.3. The van der Waals surface area contributed by atoms with Gasteiger partial charge in [-0.2, -0.15) is 0 Å². The third-order valence-electron chi connectivity index (χ3n) is 5.41. The van der Waals surface area contributed by atoms with Gasteiger partial charge in [-0.15, -0.1) is 0 Å². The highest BCUT2D eigenvalue weighted by molar-refractivity contribution is 5.88. The molecule has 3 rings (SSSR count). The molecular weight excluding hydrogens is 304 g/mol. The number of amides is 2. The van der Waals surface area contributed by atoms with Crippen LogP contribution in [-0.2, 0) is 22.6 Å². The molecule has 1 aliphatic carbocycles. The van der Waals surface area contributed by atoms with Gasteiger partial charge in [-0.3, -0.25) is 9.59 Å². The molecule has 0 aromatic heterocycles. The zero-order valence-electron chi connectivity index (χ0n) is 14.2.